The van der Waals surface area contributed by atoms with E-state index in [4.69, 9.17) is 4.42 Å². The first-order valence-corrected chi connectivity index (χ1v) is 7.04. The summed E-state index contributed by atoms with van der Waals surface area (Å²) in [5, 5.41) is 0. The van der Waals surface area contributed by atoms with Gasteiger partial charge >= 0.3 is 0 Å². The lowest BCUT2D eigenvalue weighted by Gasteiger charge is -2.27. The third-order valence-electron chi connectivity index (χ3n) is 3.84. The number of hydrogen-bond donors (Lipinski definition) is 1. The van der Waals surface area contributed by atoms with Gasteiger partial charge in [-0.15, -0.1) is 0 Å². The van der Waals surface area contributed by atoms with Crippen LogP contribution in [0.2, 0.25) is 0 Å². The first-order valence-electron chi connectivity index (χ1n) is 7.04. The van der Waals surface area contributed by atoms with Crippen LogP contribution >= 0.6 is 0 Å². The summed E-state index contributed by atoms with van der Waals surface area (Å²) in [5.74, 6) is 1.83. The minimum atomic E-state index is 0.826. The number of hydrogen-bond acceptors (Lipinski definition) is 4. The van der Waals surface area contributed by atoms with E-state index in [9.17, 15) is 0 Å². The minimum Gasteiger partial charge on any atom is -0.463 e. The summed E-state index contributed by atoms with van der Waals surface area (Å²) in [5.41, 5.74) is 2.89. The molecule has 4 heterocycles. The molecular weight excluding hydrogens is 252 g/mol. The zero-order chi connectivity index (χ0) is 13.4. The SMILES string of the molecule is c1coc(-c2cc3ncnc(N4CCCCC4)c3[nH]2)c1. The van der Waals surface area contributed by atoms with Gasteiger partial charge in [-0.05, 0) is 37.5 Å². The molecule has 0 atom stereocenters. The molecule has 0 aromatic carbocycles. The second-order valence-electron chi connectivity index (χ2n) is 5.17. The average Bonchev–Trinajstić information content (AvgIpc) is 3.16. The predicted molar refractivity (Wildman–Crippen MR) is 77.7 cm³/mol. The van der Waals surface area contributed by atoms with Crippen LogP contribution in [0.5, 0.6) is 0 Å². The Morgan fingerprint density at radius 2 is 2.05 bits per heavy atom. The van der Waals surface area contributed by atoms with Crippen molar-refractivity contribution in [3.8, 4) is 11.5 Å². The molecule has 0 radical (unpaired) electrons. The van der Waals surface area contributed by atoms with Crippen molar-refractivity contribution in [2.75, 3.05) is 18.0 Å². The van der Waals surface area contributed by atoms with Gasteiger partial charge in [-0.3, -0.25) is 0 Å². The molecule has 0 spiro atoms. The van der Waals surface area contributed by atoms with E-state index >= 15 is 0 Å². The Morgan fingerprint density at radius 1 is 1.15 bits per heavy atom. The van der Waals surface area contributed by atoms with Crippen LogP contribution in [-0.2, 0) is 0 Å². The molecule has 0 saturated carbocycles. The minimum absolute atomic E-state index is 0.826. The van der Waals surface area contributed by atoms with Gasteiger partial charge in [-0.2, -0.15) is 0 Å². The number of H-pyrrole nitrogens is 1. The molecule has 5 heteroatoms. The maximum absolute atomic E-state index is 5.44. The Balaban J connectivity index is 1.81. The molecule has 3 aromatic rings. The molecule has 5 nitrogen and oxygen atoms in total. The maximum atomic E-state index is 5.44. The van der Waals surface area contributed by atoms with Gasteiger partial charge in [0.05, 0.1) is 17.5 Å². The van der Waals surface area contributed by atoms with Gasteiger partial charge in [-0.25, -0.2) is 9.97 Å². The molecular formula is C15H16N4O. The van der Waals surface area contributed by atoms with Crippen molar-refractivity contribution in [1.29, 1.82) is 0 Å². The van der Waals surface area contributed by atoms with Crippen LogP contribution in [0, 0.1) is 0 Å². The number of nitrogens with zero attached hydrogens (tertiary/aromatic N) is 3. The highest BCUT2D eigenvalue weighted by Crippen LogP contribution is 2.29. The molecule has 0 aliphatic carbocycles. The summed E-state index contributed by atoms with van der Waals surface area (Å²) >= 11 is 0. The topological polar surface area (TPSA) is 58.0 Å². The molecule has 0 amide bonds. The standard InChI is InChI=1S/C15H16N4O/c1-2-6-19(7-3-1)15-14-12(16-10-17-15)9-11(18-14)13-5-4-8-20-13/h4-5,8-10,18H,1-3,6-7H2. The summed E-state index contributed by atoms with van der Waals surface area (Å²) in [6.07, 6.45) is 7.10. The molecule has 0 bridgehead atoms. The molecule has 20 heavy (non-hydrogen) atoms. The van der Waals surface area contributed by atoms with Crippen molar-refractivity contribution in [2.45, 2.75) is 19.3 Å². The van der Waals surface area contributed by atoms with E-state index in [-0.39, 0.29) is 0 Å². The third kappa shape index (κ3) is 1.86. The summed E-state index contributed by atoms with van der Waals surface area (Å²) in [6.45, 7) is 2.14. The first-order chi connectivity index (χ1) is 9.92. The second kappa shape index (κ2) is 4.67. The molecule has 1 aliphatic rings. The van der Waals surface area contributed by atoms with E-state index < -0.39 is 0 Å². The maximum Gasteiger partial charge on any atom is 0.156 e. The van der Waals surface area contributed by atoms with Gasteiger partial charge < -0.3 is 14.3 Å². The first kappa shape index (κ1) is 11.5. The van der Waals surface area contributed by atoms with Crippen LogP contribution in [0.3, 0.4) is 0 Å². The number of anilines is 1. The highest BCUT2D eigenvalue weighted by molar-refractivity contribution is 5.90. The van der Waals surface area contributed by atoms with Crippen LogP contribution in [-0.4, -0.2) is 28.0 Å². The van der Waals surface area contributed by atoms with Crippen molar-refractivity contribution < 1.29 is 4.42 Å². The van der Waals surface area contributed by atoms with Gasteiger partial charge in [0.15, 0.2) is 5.82 Å². The van der Waals surface area contributed by atoms with Gasteiger partial charge in [-0.1, -0.05) is 0 Å². The lowest BCUT2D eigenvalue weighted by molar-refractivity contribution is 0.574. The Labute approximate surface area is 116 Å². The highest BCUT2D eigenvalue weighted by Gasteiger charge is 2.17. The number of aromatic amines is 1. The molecule has 0 unspecified atom stereocenters. The fourth-order valence-corrected chi connectivity index (χ4v) is 2.84. The van der Waals surface area contributed by atoms with Gasteiger partial charge in [0.2, 0.25) is 0 Å². The van der Waals surface area contributed by atoms with Crippen molar-refractivity contribution in [3.63, 3.8) is 0 Å². The quantitative estimate of drug-likeness (QED) is 0.775. The van der Waals surface area contributed by atoms with Gasteiger partial charge in [0, 0.05) is 13.1 Å². The van der Waals surface area contributed by atoms with Crippen LogP contribution in [0.4, 0.5) is 5.82 Å². The number of fused-ring (bicyclic) bond motifs is 1. The van der Waals surface area contributed by atoms with Gasteiger partial charge in [0.1, 0.15) is 17.6 Å². The molecule has 3 aromatic heterocycles. The Morgan fingerprint density at radius 3 is 2.85 bits per heavy atom. The molecule has 1 N–H and O–H groups in total. The highest BCUT2D eigenvalue weighted by atomic mass is 16.3. The fourth-order valence-electron chi connectivity index (χ4n) is 2.84. The number of nitrogens with one attached hydrogen (secondary N) is 1. The predicted octanol–water partition coefficient (Wildman–Crippen LogP) is 3.21. The monoisotopic (exact) mass is 268 g/mol. The number of rotatable bonds is 2. The van der Waals surface area contributed by atoms with E-state index in [1.165, 1.54) is 19.3 Å². The molecule has 1 aliphatic heterocycles. The zero-order valence-electron chi connectivity index (χ0n) is 11.2. The Kier molecular flexibility index (Phi) is 2.69. The molecule has 1 saturated heterocycles. The normalized spacial score (nSPS) is 15.9. The van der Waals surface area contributed by atoms with E-state index in [0.29, 0.717) is 0 Å². The van der Waals surface area contributed by atoms with Crippen LogP contribution in [0.1, 0.15) is 19.3 Å². The van der Waals surface area contributed by atoms with Crippen LogP contribution < -0.4 is 4.90 Å². The molecule has 4 rings (SSSR count). The van der Waals surface area contributed by atoms with Crippen LogP contribution in [0.15, 0.2) is 35.2 Å². The summed E-state index contributed by atoms with van der Waals surface area (Å²) in [4.78, 5) is 14.6. The van der Waals surface area contributed by atoms with E-state index in [2.05, 4.69) is 19.9 Å². The van der Waals surface area contributed by atoms with Crippen molar-refractivity contribution >= 4 is 16.9 Å². The smallest absolute Gasteiger partial charge is 0.156 e. The van der Waals surface area contributed by atoms with Gasteiger partial charge in [0.25, 0.3) is 0 Å². The van der Waals surface area contributed by atoms with Crippen molar-refractivity contribution in [3.05, 3.63) is 30.8 Å². The average molecular weight is 268 g/mol. The number of furan rings is 1. The van der Waals surface area contributed by atoms with Crippen molar-refractivity contribution in [1.82, 2.24) is 15.0 Å². The zero-order valence-corrected chi connectivity index (χ0v) is 11.2. The summed E-state index contributed by atoms with van der Waals surface area (Å²) in [6, 6.07) is 5.85. The van der Waals surface area contributed by atoms with E-state index in [1.807, 2.05) is 18.2 Å². The van der Waals surface area contributed by atoms with Crippen LogP contribution in [0.25, 0.3) is 22.5 Å². The molecule has 1 fully saturated rings. The lowest BCUT2D eigenvalue weighted by atomic mass is 10.1. The second-order valence-corrected chi connectivity index (χ2v) is 5.17. The number of aromatic nitrogens is 3. The fraction of sp³-hybridized carbons (Fsp3) is 0.333. The van der Waals surface area contributed by atoms with Crippen molar-refractivity contribution in [2.24, 2.45) is 0 Å². The summed E-state index contributed by atoms with van der Waals surface area (Å²) < 4.78 is 5.44. The molecule has 102 valence electrons. The lowest BCUT2D eigenvalue weighted by Crippen LogP contribution is -2.30. The third-order valence-corrected chi connectivity index (χ3v) is 3.84. The summed E-state index contributed by atoms with van der Waals surface area (Å²) in [7, 11) is 0. The van der Waals surface area contributed by atoms with E-state index in [0.717, 1.165) is 41.4 Å². The van der Waals surface area contributed by atoms with E-state index in [1.54, 1.807) is 12.6 Å². The number of piperidine rings is 1. The Bertz CT molecular complexity index is 711. The largest absolute Gasteiger partial charge is 0.463 e. The Hall–Kier alpha value is -2.30.